The Morgan fingerprint density at radius 2 is 2.23 bits per heavy atom. The normalized spacial score (nSPS) is 15.8. The molecule has 13 heavy (non-hydrogen) atoms. The Morgan fingerprint density at radius 1 is 1.46 bits per heavy atom. The van der Waals surface area contributed by atoms with E-state index in [1.807, 2.05) is 26.0 Å². The van der Waals surface area contributed by atoms with Gasteiger partial charge in [0, 0.05) is 11.6 Å². The fourth-order valence-electron chi connectivity index (χ4n) is 1.49. The molecule has 1 aromatic rings. The molecule has 1 aliphatic carbocycles. The molecule has 1 aromatic heterocycles. The Morgan fingerprint density at radius 3 is 2.85 bits per heavy atom. The highest BCUT2D eigenvalue weighted by atomic mass is 16.5. The number of aryl methyl sites for hydroxylation is 1. The van der Waals surface area contributed by atoms with Crippen molar-refractivity contribution in [2.24, 2.45) is 0 Å². The van der Waals surface area contributed by atoms with E-state index in [1.54, 1.807) is 0 Å². The number of ether oxygens (including phenoxy) is 1. The summed E-state index contributed by atoms with van der Waals surface area (Å²) in [4.78, 5) is 4.53. The third-order valence-electron chi connectivity index (χ3n) is 2.29. The van der Waals surface area contributed by atoms with Crippen molar-refractivity contribution in [2.45, 2.75) is 32.6 Å². The van der Waals surface area contributed by atoms with Crippen LogP contribution in [0.5, 0.6) is 5.75 Å². The predicted octanol–water partition coefficient (Wildman–Crippen LogP) is 2.67. The second-order valence-electron chi connectivity index (χ2n) is 3.54. The van der Waals surface area contributed by atoms with Crippen molar-refractivity contribution in [1.29, 1.82) is 0 Å². The maximum Gasteiger partial charge on any atom is 0.141 e. The minimum atomic E-state index is 0.668. The van der Waals surface area contributed by atoms with Crippen LogP contribution in [0.4, 0.5) is 0 Å². The van der Waals surface area contributed by atoms with Crippen LogP contribution in [0.25, 0.3) is 0 Å². The van der Waals surface area contributed by atoms with Crippen molar-refractivity contribution < 1.29 is 4.74 Å². The molecule has 2 nitrogen and oxygen atoms in total. The van der Waals surface area contributed by atoms with Crippen LogP contribution in [0.3, 0.4) is 0 Å². The topological polar surface area (TPSA) is 22.1 Å². The van der Waals surface area contributed by atoms with Crippen molar-refractivity contribution in [3.63, 3.8) is 0 Å². The quantitative estimate of drug-likeness (QED) is 0.708. The summed E-state index contributed by atoms with van der Waals surface area (Å²) in [6, 6.07) is 4.05. The molecule has 0 unspecified atom stereocenters. The van der Waals surface area contributed by atoms with Crippen molar-refractivity contribution >= 4 is 0 Å². The van der Waals surface area contributed by atoms with Crippen LogP contribution in [-0.4, -0.2) is 11.6 Å². The predicted molar refractivity (Wildman–Crippen MR) is 52.1 cm³/mol. The zero-order valence-corrected chi connectivity index (χ0v) is 8.21. The van der Waals surface area contributed by atoms with Crippen LogP contribution in [0.15, 0.2) is 12.1 Å². The summed E-state index contributed by atoms with van der Waals surface area (Å²) < 4.78 is 5.53. The van der Waals surface area contributed by atoms with Gasteiger partial charge in [-0.1, -0.05) is 0 Å². The van der Waals surface area contributed by atoms with Gasteiger partial charge in [-0.15, -0.1) is 0 Å². The highest BCUT2D eigenvalue weighted by Gasteiger charge is 2.28. The molecule has 1 heterocycles. The molecule has 0 aliphatic heterocycles. The first-order valence-corrected chi connectivity index (χ1v) is 4.91. The van der Waals surface area contributed by atoms with Crippen LogP contribution in [0.2, 0.25) is 0 Å². The van der Waals surface area contributed by atoms with Gasteiger partial charge in [0.15, 0.2) is 0 Å². The van der Waals surface area contributed by atoms with Gasteiger partial charge in [-0.2, -0.15) is 0 Å². The first kappa shape index (κ1) is 8.54. The van der Waals surface area contributed by atoms with E-state index >= 15 is 0 Å². The van der Waals surface area contributed by atoms with E-state index < -0.39 is 0 Å². The van der Waals surface area contributed by atoms with Crippen molar-refractivity contribution in [2.75, 3.05) is 6.61 Å². The minimum Gasteiger partial charge on any atom is -0.492 e. The van der Waals surface area contributed by atoms with Crippen LogP contribution < -0.4 is 4.74 Å². The monoisotopic (exact) mass is 177 g/mol. The molecule has 0 amide bonds. The molecule has 1 saturated carbocycles. The molecule has 0 aromatic carbocycles. The summed E-state index contributed by atoms with van der Waals surface area (Å²) in [5, 5.41) is 0. The van der Waals surface area contributed by atoms with E-state index in [0.717, 1.165) is 18.1 Å². The molecule has 0 bridgehead atoms. The average molecular weight is 177 g/mol. The molecule has 2 rings (SSSR count). The molecule has 1 aliphatic rings. The Hall–Kier alpha value is -1.05. The summed E-state index contributed by atoms with van der Waals surface area (Å²) in [6.07, 6.45) is 2.55. The van der Waals surface area contributed by atoms with Gasteiger partial charge in [0.2, 0.25) is 0 Å². The largest absolute Gasteiger partial charge is 0.492 e. The van der Waals surface area contributed by atoms with Crippen LogP contribution in [0.1, 0.15) is 37.1 Å². The smallest absolute Gasteiger partial charge is 0.141 e. The van der Waals surface area contributed by atoms with E-state index in [9.17, 15) is 0 Å². The first-order valence-electron chi connectivity index (χ1n) is 4.91. The highest BCUT2D eigenvalue weighted by molar-refractivity contribution is 5.34. The zero-order valence-electron chi connectivity index (χ0n) is 8.21. The zero-order chi connectivity index (χ0) is 9.26. The van der Waals surface area contributed by atoms with Crippen LogP contribution in [-0.2, 0) is 0 Å². The molecule has 70 valence electrons. The lowest BCUT2D eigenvalue weighted by molar-refractivity contribution is 0.334. The van der Waals surface area contributed by atoms with E-state index in [2.05, 4.69) is 4.98 Å². The number of pyridine rings is 1. The molecular weight excluding hydrogens is 162 g/mol. The van der Waals surface area contributed by atoms with E-state index in [0.29, 0.717) is 5.92 Å². The van der Waals surface area contributed by atoms with E-state index in [4.69, 9.17) is 4.74 Å². The number of aromatic nitrogens is 1. The number of hydrogen-bond acceptors (Lipinski definition) is 2. The molecule has 0 N–H and O–H groups in total. The van der Waals surface area contributed by atoms with Gasteiger partial charge in [-0.05, 0) is 38.8 Å². The van der Waals surface area contributed by atoms with E-state index in [-0.39, 0.29) is 0 Å². The van der Waals surface area contributed by atoms with Gasteiger partial charge in [0.1, 0.15) is 5.75 Å². The molecule has 2 heteroatoms. The van der Waals surface area contributed by atoms with Gasteiger partial charge in [-0.3, -0.25) is 4.98 Å². The summed E-state index contributed by atoms with van der Waals surface area (Å²) in [5.74, 6) is 1.65. The lowest BCUT2D eigenvalue weighted by Crippen LogP contribution is -1.99. The van der Waals surface area contributed by atoms with Crippen molar-refractivity contribution in [3.05, 3.63) is 23.5 Å². The molecular formula is C11H15NO. The molecule has 0 radical (unpaired) electrons. The van der Waals surface area contributed by atoms with Crippen LogP contribution >= 0.6 is 0 Å². The third-order valence-corrected chi connectivity index (χ3v) is 2.29. The fraction of sp³-hybridized carbons (Fsp3) is 0.545. The van der Waals surface area contributed by atoms with Gasteiger partial charge < -0.3 is 4.74 Å². The highest BCUT2D eigenvalue weighted by Crippen LogP contribution is 2.43. The molecule has 0 spiro atoms. The SMILES string of the molecule is CCOc1ccc(C)nc1C1CC1. The number of nitrogens with zero attached hydrogens (tertiary/aromatic N) is 1. The molecule has 1 fully saturated rings. The maximum atomic E-state index is 5.53. The number of hydrogen-bond donors (Lipinski definition) is 0. The Labute approximate surface area is 78.9 Å². The fourth-order valence-corrected chi connectivity index (χ4v) is 1.49. The third kappa shape index (κ3) is 1.82. The number of rotatable bonds is 3. The first-order chi connectivity index (χ1) is 6.31. The Bertz CT molecular complexity index is 305. The summed E-state index contributed by atoms with van der Waals surface area (Å²) in [6.45, 7) is 4.77. The average Bonchev–Trinajstić information content (AvgIpc) is 2.91. The van der Waals surface area contributed by atoms with E-state index in [1.165, 1.54) is 18.5 Å². The lowest BCUT2D eigenvalue weighted by atomic mass is 10.2. The second-order valence-corrected chi connectivity index (χ2v) is 3.54. The minimum absolute atomic E-state index is 0.668. The van der Waals surface area contributed by atoms with Crippen LogP contribution in [0, 0.1) is 6.92 Å². The van der Waals surface area contributed by atoms with Gasteiger partial charge >= 0.3 is 0 Å². The van der Waals surface area contributed by atoms with Gasteiger partial charge in [0.05, 0.1) is 12.3 Å². The van der Waals surface area contributed by atoms with Gasteiger partial charge in [0.25, 0.3) is 0 Å². The summed E-state index contributed by atoms with van der Waals surface area (Å²) in [5.41, 5.74) is 2.26. The summed E-state index contributed by atoms with van der Waals surface area (Å²) >= 11 is 0. The second kappa shape index (κ2) is 3.36. The standard InChI is InChI=1S/C11H15NO/c1-3-13-10-7-4-8(2)12-11(10)9-5-6-9/h4,7,9H,3,5-6H2,1-2H3. The summed E-state index contributed by atoms with van der Waals surface area (Å²) in [7, 11) is 0. The molecule has 0 saturated heterocycles. The molecule has 0 atom stereocenters. The van der Waals surface area contributed by atoms with Crippen molar-refractivity contribution in [1.82, 2.24) is 4.98 Å². The lowest BCUT2D eigenvalue weighted by Gasteiger charge is -2.08. The van der Waals surface area contributed by atoms with Crippen molar-refractivity contribution in [3.8, 4) is 5.75 Å². The Balaban J connectivity index is 2.30. The van der Waals surface area contributed by atoms with Gasteiger partial charge in [-0.25, -0.2) is 0 Å². The Kier molecular flexibility index (Phi) is 2.21. The maximum absolute atomic E-state index is 5.53.